The van der Waals surface area contributed by atoms with E-state index in [-0.39, 0.29) is 12.0 Å². The van der Waals surface area contributed by atoms with Crippen LogP contribution < -0.4 is 4.74 Å². The molecule has 2 aromatic carbocycles. The molecule has 0 unspecified atom stereocenters. The van der Waals surface area contributed by atoms with Crippen molar-refractivity contribution in [2.45, 2.75) is 38.0 Å². The maximum atomic E-state index is 11.5. The van der Waals surface area contributed by atoms with Crippen molar-refractivity contribution < 1.29 is 19.4 Å². The molecule has 0 aliphatic carbocycles. The van der Waals surface area contributed by atoms with Gasteiger partial charge in [-0.2, -0.15) is 0 Å². The molecule has 1 saturated heterocycles. The quantitative estimate of drug-likeness (QED) is 0.581. The van der Waals surface area contributed by atoms with Gasteiger partial charge in [0.1, 0.15) is 5.75 Å². The van der Waals surface area contributed by atoms with Gasteiger partial charge in [0.05, 0.1) is 32.1 Å². The summed E-state index contributed by atoms with van der Waals surface area (Å²) in [6.45, 7) is 1.93. The highest BCUT2D eigenvalue weighted by atomic mass is 16.5. The second-order valence-electron chi connectivity index (χ2n) is 7.96. The van der Waals surface area contributed by atoms with E-state index in [0.717, 1.165) is 23.4 Å². The summed E-state index contributed by atoms with van der Waals surface area (Å²) < 4.78 is 13.2. The van der Waals surface area contributed by atoms with Gasteiger partial charge in [-0.05, 0) is 36.1 Å². The first kappa shape index (κ1) is 21.8. The van der Waals surface area contributed by atoms with E-state index in [2.05, 4.69) is 10.3 Å². The molecule has 1 aliphatic heterocycles. The van der Waals surface area contributed by atoms with Crippen LogP contribution in [0.3, 0.4) is 0 Å². The molecule has 0 radical (unpaired) electrons. The van der Waals surface area contributed by atoms with Gasteiger partial charge in [0.25, 0.3) is 0 Å². The van der Waals surface area contributed by atoms with Crippen molar-refractivity contribution in [3.63, 3.8) is 0 Å². The van der Waals surface area contributed by atoms with E-state index in [4.69, 9.17) is 9.47 Å². The van der Waals surface area contributed by atoms with E-state index in [1.807, 2.05) is 65.5 Å². The fourth-order valence-corrected chi connectivity index (χ4v) is 4.00. The molecule has 32 heavy (non-hydrogen) atoms. The average Bonchev–Trinajstić information content (AvgIpc) is 3.31. The lowest BCUT2D eigenvalue weighted by Crippen LogP contribution is -2.46. The van der Waals surface area contributed by atoms with Crippen molar-refractivity contribution in [2.24, 2.45) is 0 Å². The summed E-state index contributed by atoms with van der Waals surface area (Å²) in [5.74, 6) is 0.843. The Balaban J connectivity index is 1.41. The van der Waals surface area contributed by atoms with Crippen LogP contribution in [-0.4, -0.2) is 57.4 Å². The Morgan fingerprint density at radius 3 is 2.62 bits per heavy atom. The molecule has 168 valence electrons. The number of hydrogen-bond donors (Lipinski definition) is 1. The van der Waals surface area contributed by atoms with Crippen molar-refractivity contribution in [3.8, 4) is 5.75 Å². The van der Waals surface area contributed by atoms with Crippen molar-refractivity contribution in [1.82, 2.24) is 19.9 Å². The number of aromatic nitrogens is 3. The number of methoxy groups -OCH3 is 1. The monoisotopic (exact) mass is 436 g/mol. The first-order valence-electron chi connectivity index (χ1n) is 10.8. The zero-order chi connectivity index (χ0) is 22.3. The SMILES string of the molecule is COc1ccc(CCn2cc([C@H]3CCN(C(=O)O)C[C@@H]3OCc3ccccc3)nn2)cc1. The van der Waals surface area contributed by atoms with Gasteiger partial charge in [0.2, 0.25) is 0 Å². The van der Waals surface area contributed by atoms with E-state index in [0.29, 0.717) is 32.7 Å². The number of aryl methyl sites for hydroxylation is 2. The van der Waals surface area contributed by atoms with Gasteiger partial charge in [0, 0.05) is 25.2 Å². The van der Waals surface area contributed by atoms with Gasteiger partial charge >= 0.3 is 6.09 Å². The van der Waals surface area contributed by atoms with Crippen molar-refractivity contribution in [1.29, 1.82) is 0 Å². The molecule has 1 N–H and O–H groups in total. The molecule has 0 bridgehead atoms. The van der Waals surface area contributed by atoms with Crippen LogP contribution in [0.15, 0.2) is 60.8 Å². The number of hydrogen-bond acceptors (Lipinski definition) is 5. The highest BCUT2D eigenvalue weighted by Crippen LogP contribution is 2.30. The number of likely N-dealkylation sites (tertiary alicyclic amines) is 1. The summed E-state index contributed by atoms with van der Waals surface area (Å²) in [6, 6.07) is 17.9. The van der Waals surface area contributed by atoms with Crippen LogP contribution in [0.4, 0.5) is 4.79 Å². The number of nitrogens with zero attached hydrogens (tertiary/aromatic N) is 4. The Hall–Kier alpha value is -3.39. The number of rotatable bonds is 8. The predicted molar refractivity (Wildman–Crippen MR) is 119 cm³/mol. The third-order valence-corrected chi connectivity index (χ3v) is 5.86. The van der Waals surface area contributed by atoms with E-state index in [1.165, 1.54) is 10.5 Å². The molecule has 0 saturated carbocycles. The molecule has 8 nitrogen and oxygen atoms in total. The number of amides is 1. The Morgan fingerprint density at radius 2 is 1.91 bits per heavy atom. The summed E-state index contributed by atoms with van der Waals surface area (Å²) in [5.41, 5.74) is 3.10. The van der Waals surface area contributed by atoms with Gasteiger partial charge < -0.3 is 19.5 Å². The summed E-state index contributed by atoms with van der Waals surface area (Å²) in [6.07, 6.45) is 2.26. The molecular weight excluding hydrogens is 408 g/mol. The smallest absolute Gasteiger partial charge is 0.407 e. The minimum absolute atomic E-state index is 0.00375. The third-order valence-electron chi connectivity index (χ3n) is 5.86. The Labute approximate surface area is 187 Å². The molecule has 1 fully saturated rings. The number of carbonyl (C=O) groups is 1. The predicted octanol–water partition coefficient (Wildman–Crippen LogP) is 3.58. The molecule has 2 heterocycles. The number of ether oxygens (including phenoxy) is 2. The fraction of sp³-hybridized carbons (Fsp3) is 0.375. The van der Waals surface area contributed by atoms with E-state index < -0.39 is 6.09 Å². The fourth-order valence-electron chi connectivity index (χ4n) is 4.00. The number of piperidine rings is 1. The minimum atomic E-state index is -0.917. The second kappa shape index (κ2) is 10.3. The molecule has 1 aromatic heterocycles. The van der Waals surface area contributed by atoms with Crippen LogP contribution in [0.1, 0.15) is 29.2 Å². The molecule has 4 rings (SSSR count). The zero-order valence-corrected chi connectivity index (χ0v) is 18.1. The van der Waals surface area contributed by atoms with Gasteiger partial charge in [-0.3, -0.25) is 4.68 Å². The van der Waals surface area contributed by atoms with E-state index >= 15 is 0 Å². The first-order valence-corrected chi connectivity index (χ1v) is 10.8. The second-order valence-corrected chi connectivity index (χ2v) is 7.96. The molecule has 1 amide bonds. The van der Waals surface area contributed by atoms with Crippen LogP contribution in [-0.2, 0) is 24.3 Å². The average molecular weight is 437 g/mol. The normalized spacial score (nSPS) is 18.5. The summed E-state index contributed by atoms with van der Waals surface area (Å²) in [7, 11) is 1.66. The molecule has 3 aromatic rings. The molecule has 1 aliphatic rings. The Bertz CT molecular complexity index is 1010. The lowest BCUT2D eigenvalue weighted by Gasteiger charge is -2.36. The highest BCUT2D eigenvalue weighted by Gasteiger charge is 2.34. The Morgan fingerprint density at radius 1 is 1.12 bits per heavy atom. The van der Waals surface area contributed by atoms with Crippen molar-refractivity contribution in [2.75, 3.05) is 20.2 Å². The summed E-state index contributed by atoms with van der Waals surface area (Å²) in [5, 5.41) is 18.1. The van der Waals surface area contributed by atoms with Crippen LogP contribution >= 0.6 is 0 Å². The summed E-state index contributed by atoms with van der Waals surface area (Å²) in [4.78, 5) is 12.9. The summed E-state index contributed by atoms with van der Waals surface area (Å²) >= 11 is 0. The lowest BCUT2D eigenvalue weighted by atomic mass is 9.91. The van der Waals surface area contributed by atoms with Crippen LogP contribution in [0.5, 0.6) is 5.75 Å². The molecule has 8 heteroatoms. The van der Waals surface area contributed by atoms with E-state index in [1.54, 1.807) is 7.11 Å². The highest BCUT2D eigenvalue weighted by molar-refractivity contribution is 5.65. The maximum Gasteiger partial charge on any atom is 0.407 e. The van der Waals surface area contributed by atoms with Crippen LogP contribution in [0.2, 0.25) is 0 Å². The topological polar surface area (TPSA) is 89.7 Å². The number of benzene rings is 2. The van der Waals surface area contributed by atoms with Crippen molar-refractivity contribution in [3.05, 3.63) is 77.6 Å². The van der Waals surface area contributed by atoms with E-state index in [9.17, 15) is 9.90 Å². The molecule has 2 atom stereocenters. The zero-order valence-electron chi connectivity index (χ0n) is 18.1. The van der Waals surface area contributed by atoms with Crippen LogP contribution in [0.25, 0.3) is 0 Å². The largest absolute Gasteiger partial charge is 0.497 e. The third kappa shape index (κ3) is 5.45. The maximum absolute atomic E-state index is 11.5. The van der Waals surface area contributed by atoms with Gasteiger partial charge in [0.15, 0.2) is 0 Å². The van der Waals surface area contributed by atoms with Gasteiger partial charge in [-0.1, -0.05) is 47.7 Å². The molecule has 0 spiro atoms. The van der Waals surface area contributed by atoms with Crippen molar-refractivity contribution >= 4 is 6.09 Å². The minimum Gasteiger partial charge on any atom is -0.497 e. The molecular formula is C24H28N4O4. The van der Waals surface area contributed by atoms with Crippen LogP contribution in [0, 0.1) is 0 Å². The first-order chi connectivity index (χ1) is 15.6. The van der Waals surface area contributed by atoms with Gasteiger partial charge in [-0.25, -0.2) is 4.79 Å². The number of carboxylic acid groups (broad SMARTS) is 1. The lowest BCUT2D eigenvalue weighted by molar-refractivity contribution is -0.0208. The Kier molecular flexibility index (Phi) is 7.01. The standard InChI is InChI=1S/C24H28N4O4/c1-31-20-9-7-18(8-10-20)11-14-28-15-22(25-26-28)21-12-13-27(24(29)30)16-23(21)32-17-19-5-3-2-4-6-19/h2-10,15,21,23H,11-14,16-17H2,1H3,(H,29,30)/t21-,23+/m1/s1. The van der Waals surface area contributed by atoms with Gasteiger partial charge in [-0.15, -0.1) is 5.10 Å².